The normalized spacial score (nSPS) is 9.90. The number of amides is 1. The zero-order valence-corrected chi connectivity index (χ0v) is 11.1. The number of anilines is 2. The Labute approximate surface area is 121 Å². The molecule has 6 heteroatoms. The van der Waals surface area contributed by atoms with Gasteiger partial charge in [0.1, 0.15) is 5.75 Å². The molecule has 0 radical (unpaired) electrons. The van der Waals surface area contributed by atoms with Crippen molar-refractivity contribution in [2.75, 3.05) is 17.7 Å². The van der Waals surface area contributed by atoms with Crippen LogP contribution in [-0.4, -0.2) is 23.6 Å². The summed E-state index contributed by atoms with van der Waals surface area (Å²) < 4.78 is 5.28. The van der Waals surface area contributed by atoms with E-state index < -0.39 is 5.97 Å². The maximum absolute atomic E-state index is 11.7. The first-order valence-corrected chi connectivity index (χ1v) is 6.17. The second-order valence-electron chi connectivity index (χ2n) is 4.26. The highest BCUT2D eigenvalue weighted by molar-refractivity contribution is 5.92. The van der Waals surface area contributed by atoms with E-state index in [1.807, 2.05) is 6.07 Å². The number of carbonyl (C=O) groups excluding carboxylic acids is 1. The summed E-state index contributed by atoms with van der Waals surface area (Å²) in [4.78, 5) is 22.5. The maximum atomic E-state index is 11.7. The molecule has 0 fully saturated rings. The molecule has 108 valence electrons. The van der Waals surface area contributed by atoms with Crippen molar-refractivity contribution >= 4 is 23.3 Å². The summed E-state index contributed by atoms with van der Waals surface area (Å²) >= 11 is 0. The number of para-hydroxylation sites is 1. The van der Waals surface area contributed by atoms with Crippen LogP contribution in [0.3, 0.4) is 0 Å². The van der Waals surface area contributed by atoms with Gasteiger partial charge in [0.2, 0.25) is 0 Å². The lowest BCUT2D eigenvalue weighted by atomic mass is 10.2. The number of carboxylic acid groups (broad SMARTS) is 1. The Morgan fingerprint density at radius 2 is 1.86 bits per heavy atom. The van der Waals surface area contributed by atoms with Crippen molar-refractivity contribution in [3.05, 3.63) is 54.1 Å². The van der Waals surface area contributed by atoms with Gasteiger partial charge >= 0.3 is 5.97 Å². The Morgan fingerprint density at radius 3 is 2.48 bits per heavy atom. The summed E-state index contributed by atoms with van der Waals surface area (Å²) in [5.74, 6) is -1.14. The molecule has 2 rings (SSSR count). The fraction of sp³-hybridized carbons (Fsp3) is 0.0667. The van der Waals surface area contributed by atoms with E-state index in [-0.39, 0.29) is 29.5 Å². The van der Waals surface area contributed by atoms with Crippen LogP contribution in [0.4, 0.5) is 11.4 Å². The number of hydrogen-bond donors (Lipinski definition) is 3. The number of benzene rings is 2. The minimum atomic E-state index is -1.07. The fourth-order valence-electron chi connectivity index (χ4n) is 1.67. The van der Waals surface area contributed by atoms with Gasteiger partial charge < -0.3 is 20.9 Å². The first kappa shape index (κ1) is 14.4. The van der Waals surface area contributed by atoms with Gasteiger partial charge in [0.15, 0.2) is 6.61 Å². The molecule has 1 amide bonds. The van der Waals surface area contributed by atoms with Gasteiger partial charge in [0, 0.05) is 5.69 Å². The number of nitrogen functional groups attached to an aromatic ring is 1. The van der Waals surface area contributed by atoms with Crippen LogP contribution < -0.4 is 15.8 Å². The van der Waals surface area contributed by atoms with Gasteiger partial charge in [-0.2, -0.15) is 0 Å². The first-order valence-electron chi connectivity index (χ1n) is 6.17. The molecule has 0 aliphatic heterocycles. The lowest BCUT2D eigenvalue weighted by Crippen LogP contribution is -2.20. The zero-order chi connectivity index (χ0) is 15.2. The van der Waals surface area contributed by atoms with Crippen LogP contribution >= 0.6 is 0 Å². The van der Waals surface area contributed by atoms with E-state index in [9.17, 15) is 9.59 Å². The molecule has 0 saturated carbocycles. The lowest BCUT2D eigenvalue weighted by Gasteiger charge is -2.10. The van der Waals surface area contributed by atoms with Gasteiger partial charge in [-0.25, -0.2) is 4.79 Å². The summed E-state index contributed by atoms with van der Waals surface area (Å²) in [6, 6.07) is 13.0. The van der Waals surface area contributed by atoms with Crippen molar-refractivity contribution < 1.29 is 19.4 Å². The third kappa shape index (κ3) is 3.97. The molecule has 0 aromatic heterocycles. The molecule has 0 unspecified atom stereocenters. The lowest BCUT2D eigenvalue weighted by molar-refractivity contribution is -0.118. The Kier molecular flexibility index (Phi) is 4.40. The Bertz CT molecular complexity index is 656. The van der Waals surface area contributed by atoms with Crippen molar-refractivity contribution in [2.45, 2.75) is 0 Å². The largest absolute Gasteiger partial charge is 0.482 e. The van der Waals surface area contributed by atoms with E-state index in [1.54, 1.807) is 24.3 Å². The molecule has 6 nitrogen and oxygen atoms in total. The van der Waals surface area contributed by atoms with Gasteiger partial charge in [0.05, 0.1) is 11.3 Å². The molecule has 21 heavy (non-hydrogen) atoms. The predicted molar refractivity (Wildman–Crippen MR) is 78.4 cm³/mol. The summed E-state index contributed by atoms with van der Waals surface area (Å²) in [7, 11) is 0. The molecule has 0 atom stereocenters. The van der Waals surface area contributed by atoms with Gasteiger partial charge in [-0.1, -0.05) is 18.2 Å². The predicted octanol–water partition coefficient (Wildman–Crippen LogP) is 1.98. The number of nitrogens with one attached hydrogen (secondary N) is 1. The molecule has 0 spiro atoms. The molecule has 4 N–H and O–H groups in total. The third-order valence-electron chi connectivity index (χ3n) is 2.67. The van der Waals surface area contributed by atoms with E-state index in [0.29, 0.717) is 5.69 Å². The number of ether oxygens (including phenoxy) is 1. The molecule has 0 heterocycles. The number of nitrogens with two attached hydrogens (primary N) is 1. The smallest absolute Gasteiger partial charge is 0.335 e. The molecule has 0 aliphatic carbocycles. The summed E-state index contributed by atoms with van der Waals surface area (Å²) in [5.41, 5.74) is 6.58. The molecule has 2 aromatic carbocycles. The fourth-order valence-corrected chi connectivity index (χ4v) is 1.67. The summed E-state index contributed by atoms with van der Waals surface area (Å²) in [5, 5.41) is 11.5. The van der Waals surface area contributed by atoms with Gasteiger partial charge in [0.25, 0.3) is 5.91 Å². The Hall–Kier alpha value is -3.02. The first-order chi connectivity index (χ1) is 10.1. The maximum Gasteiger partial charge on any atom is 0.335 e. The molecular formula is C15H14N2O4. The van der Waals surface area contributed by atoms with Crippen LogP contribution in [0.15, 0.2) is 48.5 Å². The van der Waals surface area contributed by atoms with Crippen molar-refractivity contribution in [3.63, 3.8) is 0 Å². The van der Waals surface area contributed by atoms with Gasteiger partial charge in [-0.15, -0.1) is 0 Å². The molecule has 0 saturated heterocycles. The standard InChI is InChI=1S/C15H14N2O4/c16-12-8-10(15(19)20)6-7-13(12)21-9-14(18)17-11-4-2-1-3-5-11/h1-8H,9,16H2,(H,17,18)(H,19,20). The average Bonchev–Trinajstić information content (AvgIpc) is 2.47. The highest BCUT2D eigenvalue weighted by Crippen LogP contribution is 2.22. The van der Waals surface area contributed by atoms with Crippen LogP contribution in [0, 0.1) is 0 Å². The van der Waals surface area contributed by atoms with Gasteiger partial charge in [-0.05, 0) is 30.3 Å². The Balaban J connectivity index is 1.94. The van der Waals surface area contributed by atoms with Crippen LogP contribution in [0.2, 0.25) is 0 Å². The average molecular weight is 286 g/mol. The van der Waals surface area contributed by atoms with E-state index in [1.165, 1.54) is 18.2 Å². The highest BCUT2D eigenvalue weighted by Gasteiger charge is 2.09. The van der Waals surface area contributed by atoms with E-state index in [2.05, 4.69) is 5.32 Å². The second kappa shape index (κ2) is 6.42. The van der Waals surface area contributed by atoms with E-state index in [0.717, 1.165) is 0 Å². The van der Waals surface area contributed by atoms with Crippen LogP contribution in [0.25, 0.3) is 0 Å². The molecule has 0 aliphatic rings. The Morgan fingerprint density at radius 1 is 1.14 bits per heavy atom. The van der Waals surface area contributed by atoms with Crippen molar-refractivity contribution in [1.82, 2.24) is 0 Å². The summed E-state index contributed by atoms with van der Waals surface area (Å²) in [6.07, 6.45) is 0. The van der Waals surface area contributed by atoms with Crippen LogP contribution in [-0.2, 0) is 4.79 Å². The highest BCUT2D eigenvalue weighted by atomic mass is 16.5. The van der Waals surface area contributed by atoms with Crippen LogP contribution in [0.5, 0.6) is 5.75 Å². The quantitative estimate of drug-likeness (QED) is 0.729. The number of aromatic carboxylic acids is 1. The minimum Gasteiger partial charge on any atom is -0.482 e. The number of rotatable bonds is 5. The van der Waals surface area contributed by atoms with Crippen molar-refractivity contribution in [1.29, 1.82) is 0 Å². The van der Waals surface area contributed by atoms with Gasteiger partial charge in [-0.3, -0.25) is 4.79 Å². The molecule has 2 aromatic rings. The monoisotopic (exact) mass is 286 g/mol. The number of carbonyl (C=O) groups is 2. The zero-order valence-electron chi connectivity index (χ0n) is 11.1. The molecular weight excluding hydrogens is 272 g/mol. The third-order valence-corrected chi connectivity index (χ3v) is 2.67. The molecule has 0 bridgehead atoms. The van der Waals surface area contributed by atoms with Crippen molar-refractivity contribution in [2.24, 2.45) is 0 Å². The topological polar surface area (TPSA) is 102 Å². The minimum absolute atomic E-state index is 0.0635. The number of carboxylic acids is 1. The van der Waals surface area contributed by atoms with E-state index >= 15 is 0 Å². The second-order valence-corrected chi connectivity index (χ2v) is 4.26. The van der Waals surface area contributed by atoms with E-state index in [4.69, 9.17) is 15.6 Å². The summed E-state index contributed by atoms with van der Waals surface area (Å²) in [6.45, 7) is -0.217. The van der Waals surface area contributed by atoms with Crippen LogP contribution in [0.1, 0.15) is 10.4 Å². The van der Waals surface area contributed by atoms with Crippen molar-refractivity contribution in [3.8, 4) is 5.75 Å². The SMILES string of the molecule is Nc1cc(C(=O)O)ccc1OCC(=O)Nc1ccccc1. The number of hydrogen-bond acceptors (Lipinski definition) is 4.